The maximum Gasteiger partial charge on any atom is 0.261 e. The third kappa shape index (κ3) is 3.30. The molecule has 4 rings (SSSR count). The number of imide groups is 1. The predicted molar refractivity (Wildman–Crippen MR) is 105 cm³/mol. The van der Waals surface area contributed by atoms with Crippen molar-refractivity contribution in [2.24, 2.45) is 0 Å². The molecule has 5 nitrogen and oxygen atoms in total. The molecule has 6 heteroatoms. The maximum absolute atomic E-state index is 12.5. The Labute approximate surface area is 167 Å². The lowest BCUT2D eigenvalue weighted by Crippen LogP contribution is -2.32. The molecule has 0 bridgehead atoms. The van der Waals surface area contributed by atoms with Gasteiger partial charge in [-0.3, -0.25) is 19.5 Å². The van der Waals surface area contributed by atoms with E-state index in [2.05, 4.69) is 4.98 Å². The summed E-state index contributed by atoms with van der Waals surface area (Å²) in [4.78, 5) is 30.6. The highest BCUT2D eigenvalue weighted by Crippen LogP contribution is 2.26. The van der Waals surface area contributed by atoms with E-state index in [-0.39, 0.29) is 18.4 Å². The number of aliphatic hydroxyl groups excluding tert-OH is 1. The molecule has 0 saturated carbocycles. The fraction of sp³-hybridized carbons (Fsp3) is 0.136. The number of aromatic nitrogens is 1. The van der Waals surface area contributed by atoms with Gasteiger partial charge in [-0.1, -0.05) is 41.9 Å². The molecule has 1 aliphatic heterocycles. The minimum absolute atomic E-state index is 0.221. The Morgan fingerprint density at radius 1 is 0.929 bits per heavy atom. The van der Waals surface area contributed by atoms with Crippen LogP contribution in [-0.4, -0.2) is 33.3 Å². The zero-order chi connectivity index (χ0) is 19.7. The van der Waals surface area contributed by atoms with Crippen LogP contribution in [0.2, 0.25) is 5.02 Å². The standard InChI is InChI=1S/C22H17ClN2O3/c23-16-9-7-15(8-10-16)20(26)19-14(4-3-12-24-19)11-13-25-21(27)17-5-1-2-6-18(17)22(25)28/h1-10,12,20,26H,11,13H2. The van der Waals surface area contributed by atoms with Crippen LogP contribution in [0.15, 0.2) is 66.9 Å². The van der Waals surface area contributed by atoms with Crippen molar-refractivity contribution in [1.82, 2.24) is 9.88 Å². The van der Waals surface area contributed by atoms with Crippen LogP contribution in [-0.2, 0) is 6.42 Å². The van der Waals surface area contributed by atoms with E-state index in [1.165, 1.54) is 4.90 Å². The van der Waals surface area contributed by atoms with Gasteiger partial charge in [0, 0.05) is 17.8 Å². The first-order valence-corrected chi connectivity index (χ1v) is 9.26. The molecule has 0 saturated heterocycles. The van der Waals surface area contributed by atoms with E-state index in [9.17, 15) is 14.7 Å². The summed E-state index contributed by atoms with van der Waals surface area (Å²) < 4.78 is 0. The highest BCUT2D eigenvalue weighted by Gasteiger charge is 2.34. The number of fused-ring (bicyclic) bond motifs is 1. The largest absolute Gasteiger partial charge is 0.382 e. The Morgan fingerprint density at radius 3 is 2.21 bits per heavy atom. The summed E-state index contributed by atoms with van der Waals surface area (Å²) in [6, 6.07) is 17.3. The van der Waals surface area contributed by atoms with Crippen LogP contribution in [0.3, 0.4) is 0 Å². The van der Waals surface area contributed by atoms with Gasteiger partial charge >= 0.3 is 0 Å². The fourth-order valence-corrected chi connectivity index (χ4v) is 3.51. The molecule has 0 radical (unpaired) electrons. The molecule has 0 spiro atoms. The summed E-state index contributed by atoms with van der Waals surface area (Å²) in [5.74, 6) is -0.575. The third-order valence-corrected chi connectivity index (χ3v) is 5.11. The zero-order valence-electron chi connectivity index (χ0n) is 14.9. The predicted octanol–water partition coefficient (Wildman–Crippen LogP) is 3.66. The normalized spacial score (nSPS) is 14.3. The first-order chi connectivity index (χ1) is 13.6. The molecule has 140 valence electrons. The number of hydrogen-bond donors (Lipinski definition) is 1. The van der Waals surface area contributed by atoms with Gasteiger partial charge in [0.1, 0.15) is 6.10 Å². The molecule has 0 aliphatic carbocycles. The van der Waals surface area contributed by atoms with Gasteiger partial charge in [0.05, 0.1) is 16.8 Å². The number of carbonyl (C=O) groups excluding carboxylic acids is 2. The van der Waals surface area contributed by atoms with Gasteiger partial charge in [0.25, 0.3) is 11.8 Å². The molecule has 2 amide bonds. The lowest BCUT2D eigenvalue weighted by molar-refractivity contribution is 0.0656. The fourth-order valence-electron chi connectivity index (χ4n) is 3.39. The monoisotopic (exact) mass is 392 g/mol. The Balaban J connectivity index is 1.55. The Kier molecular flexibility index (Phi) is 4.94. The second kappa shape index (κ2) is 7.54. The smallest absolute Gasteiger partial charge is 0.261 e. The number of benzene rings is 2. The maximum atomic E-state index is 12.5. The van der Waals surface area contributed by atoms with Crippen molar-refractivity contribution in [1.29, 1.82) is 0 Å². The van der Waals surface area contributed by atoms with Crippen LogP contribution >= 0.6 is 11.6 Å². The average molecular weight is 393 g/mol. The van der Waals surface area contributed by atoms with Crippen molar-refractivity contribution in [3.63, 3.8) is 0 Å². The Hall–Kier alpha value is -3.02. The highest BCUT2D eigenvalue weighted by atomic mass is 35.5. The van der Waals surface area contributed by atoms with Crippen molar-refractivity contribution in [2.45, 2.75) is 12.5 Å². The van der Waals surface area contributed by atoms with Crippen molar-refractivity contribution in [3.8, 4) is 0 Å². The number of pyridine rings is 1. The van der Waals surface area contributed by atoms with E-state index in [1.807, 2.05) is 6.07 Å². The van der Waals surface area contributed by atoms with E-state index in [1.54, 1.807) is 60.8 Å². The second-order valence-electron chi connectivity index (χ2n) is 6.56. The minimum Gasteiger partial charge on any atom is -0.382 e. The minimum atomic E-state index is -0.921. The molecular weight excluding hydrogens is 376 g/mol. The SMILES string of the molecule is O=C1c2ccccc2C(=O)N1CCc1cccnc1C(O)c1ccc(Cl)cc1. The van der Waals surface area contributed by atoms with Gasteiger partial charge in [-0.15, -0.1) is 0 Å². The number of rotatable bonds is 5. The van der Waals surface area contributed by atoms with Crippen LogP contribution < -0.4 is 0 Å². The summed E-state index contributed by atoms with van der Waals surface area (Å²) >= 11 is 5.92. The zero-order valence-corrected chi connectivity index (χ0v) is 15.6. The molecule has 2 aromatic carbocycles. The van der Waals surface area contributed by atoms with E-state index in [0.717, 1.165) is 5.56 Å². The average Bonchev–Trinajstić information content (AvgIpc) is 2.97. The van der Waals surface area contributed by atoms with Crippen LogP contribution in [0.25, 0.3) is 0 Å². The number of amides is 2. The van der Waals surface area contributed by atoms with Crippen molar-refractivity contribution in [2.75, 3.05) is 6.54 Å². The summed E-state index contributed by atoms with van der Waals surface area (Å²) in [5.41, 5.74) is 2.81. The number of aliphatic hydroxyl groups is 1. The summed E-state index contributed by atoms with van der Waals surface area (Å²) in [7, 11) is 0. The van der Waals surface area contributed by atoms with Crippen LogP contribution in [0.5, 0.6) is 0 Å². The number of halogens is 1. The first kappa shape index (κ1) is 18.3. The molecule has 0 fully saturated rings. The van der Waals surface area contributed by atoms with Crippen molar-refractivity contribution >= 4 is 23.4 Å². The van der Waals surface area contributed by atoms with Crippen LogP contribution in [0.1, 0.15) is 43.6 Å². The highest BCUT2D eigenvalue weighted by molar-refractivity contribution is 6.30. The van der Waals surface area contributed by atoms with E-state index >= 15 is 0 Å². The van der Waals surface area contributed by atoms with E-state index < -0.39 is 6.10 Å². The van der Waals surface area contributed by atoms with Crippen LogP contribution in [0, 0.1) is 0 Å². The Morgan fingerprint density at radius 2 is 1.57 bits per heavy atom. The molecule has 1 atom stereocenters. The van der Waals surface area contributed by atoms with Gasteiger partial charge in [-0.2, -0.15) is 0 Å². The lowest BCUT2D eigenvalue weighted by Gasteiger charge is -2.18. The van der Waals surface area contributed by atoms with Gasteiger partial charge < -0.3 is 5.11 Å². The molecule has 28 heavy (non-hydrogen) atoms. The van der Waals surface area contributed by atoms with Crippen molar-refractivity contribution < 1.29 is 14.7 Å². The third-order valence-electron chi connectivity index (χ3n) is 4.85. The summed E-state index contributed by atoms with van der Waals surface area (Å²) in [6.45, 7) is 0.221. The Bertz CT molecular complexity index is 1010. The van der Waals surface area contributed by atoms with Crippen LogP contribution in [0.4, 0.5) is 0 Å². The van der Waals surface area contributed by atoms with Gasteiger partial charge in [0.15, 0.2) is 0 Å². The first-order valence-electron chi connectivity index (χ1n) is 8.89. The van der Waals surface area contributed by atoms with Crippen molar-refractivity contribution in [3.05, 3.63) is 99.8 Å². The number of hydrogen-bond acceptors (Lipinski definition) is 4. The van der Waals surface area contributed by atoms with Gasteiger partial charge in [0.2, 0.25) is 0 Å². The molecule has 1 N–H and O–H groups in total. The molecule has 3 aromatic rings. The topological polar surface area (TPSA) is 70.5 Å². The number of nitrogens with zero attached hydrogens (tertiary/aromatic N) is 2. The number of carbonyl (C=O) groups is 2. The van der Waals surface area contributed by atoms with E-state index in [0.29, 0.717) is 33.8 Å². The van der Waals surface area contributed by atoms with Gasteiger partial charge in [-0.25, -0.2) is 0 Å². The quantitative estimate of drug-likeness (QED) is 0.673. The molecule has 1 unspecified atom stereocenters. The van der Waals surface area contributed by atoms with E-state index in [4.69, 9.17) is 11.6 Å². The van der Waals surface area contributed by atoms with Gasteiger partial charge in [-0.05, 0) is 47.9 Å². The summed E-state index contributed by atoms with van der Waals surface area (Å²) in [6.07, 6.45) is 1.09. The summed E-state index contributed by atoms with van der Waals surface area (Å²) in [5, 5.41) is 11.3. The molecule has 1 aromatic heterocycles. The molecule has 2 heterocycles. The molecule has 1 aliphatic rings. The molecular formula is C22H17ClN2O3. The second-order valence-corrected chi connectivity index (χ2v) is 7.00. The lowest BCUT2D eigenvalue weighted by atomic mass is 10.00.